The number of carbonyl (C=O) groups excluding carboxylic acids is 1. The second kappa shape index (κ2) is 2.03. The molecule has 0 aromatic rings. The van der Waals surface area contributed by atoms with E-state index in [4.69, 9.17) is 12.7 Å². The predicted octanol–water partition coefficient (Wildman–Crippen LogP) is -0.337. The van der Waals surface area contributed by atoms with Crippen molar-refractivity contribution in [3.63, 3.8) is 0 Å². The van der Waals surface area contributed by atoms with Crippen LogP contribution in [-0.2, 0) is 9.53 Å². The van der Waals surface area contributed by atoms with E-state index in [-0.39, 0.29) is 18.2 Å². The van der Waals surface area contributed by atoms with Crippen LogP contribution < -0.4 is 0 Å². The van der Waals surface area contributed by atoms with Crippen molar-refractivity contribution in [2.75, 3.05) is 0 Å². The van der Waals surface area contributed by atoms with Gasteiger partial charge in [-0.2, -0.15) is 0 Å². The Bertz CT molecular complexity index is 139. The lowest BCUT2D eigenvalue weighted by molar-refractivity contribution is -0.126. The summed E-state index contributed by atoms with van der Waals surface area (Å²) in [5, 5.41) is 0. The van der Waals surface area contributed by atoms with E-state index in [1.165, 1.54) is 0 Å². The zero-order valence-electron chi connectivity index (χ0n) is 5.50. The normalized spacial score (nSPS) is 35.8. The molecule has 0 aromatic carbocycles. The van der Waals surface area contributed by atoms with Crippen LogP contribution in [0.4, 0.5) is 0 Å². The summed E-state index contributed by atoms with van der Waals surface area (Å²) in [5.41, 5.74) is 0. The molecule has 2 radical (unpaired) electrons. The molecule has 4 heteroatoms. The third-order valence-corrected chi connectivity index (χ3v) is 1.40. The first-order valence-electron chi connectivity index (χ1n) is 2.86. The molecule has 1 fully saturated rings. The van der Waals surface area contributed by atoms with E-state index in [2.05, 4.69) is 0 Å². The van der Waals surface area contributed by atoms with Crippen LogP contribution in [0, 0.1) is 0 Å². The minimum Gasteiger partial charge on any atom is -0.371 e. The first kappa shape index (κ1) is 6.61. The number of hydrogen-bond donors (Lipinski definition) is 0. The summed E-state index contributed by atoms with van der Waals surface area (Å²) < 4.78 is 5.04. The summed E-state index contributed by atoms with van der Waals surface area (Å²) in [4.78, 5) is 11.9. The molecule has 1 saturated heterocycles. The highest BCUT2D eigenvalue weighted by Gasteiger charge is 2.30. The lowest BCUT2D eigenvalue weighted by Crippen LogP contribution is -2.29. The highest BCUT2D eigenvalue weighted by molar-refractivity contribution is 6.15. The van der Waals surface area contributed by atoms with Crippen molar-refractivity contribution in [3.05, 3.63) is 0 Å². The molecule has 0 aromatic heterocycles. The third-order valence-electron chi connectivity index (χ3n) is 1.40. The highest BCUT2D eigenvalue weighted by Crippen LogP contribution is 2.12. The average molecular weight is 125 g/mol. The van der Waals surface area contributed by atoms with Crippen molar-refractivity contribution in [1.82, 2.24) is 4.81 Å². The van der Waals surface area contributed by atoms with E-state index >= 15 is 0 Å². The predicted molar refractivity (Wildman–Crippen MR) is 32.6 cm³/mol. The average Bonchev–Trinajstić information content (AvgIpc) is 1.98. The lowest BCUT2D eigenvalue weighted by atomic mass is 10.2. The Morgan fingerprint density at radius 1 is 1.67 bits per heavy atom. The largest absolute Gasteiger partial charge is 0.371 e. The molecule has 3 nitrogen and oxygen atoms in total. The molecule has 1 aliphatic rings. The van der Waals surface area contributed by atoms with Gasteiger partial charge < -0.3 is 9.55 Å². The maximum Gasteiger partial charge on any atom is 0.240 e. The van der Waals surface area contributed by atoms with E-state index in [1.807, 2.05) is 0 Å². The molecule has 2 atom stereocenters. The van der Waals surface area contributed by atoms with Gasteiger partial charge in [-0.25, -0.2) is 0 Å². The van der Waals surface area contributed by atoms with Gasteiger partial charge in [0, 0.05) is 0 Å². The molecule has 48 valence electrons. The highest BCUT2D eigenvalue weighted by atomic mass is 16.5. The van der Waals surface area contributed by atoms with Crippen LogP contribution in [0.15, 0.2) is 0 Å². The van der Waals surface area contributed by atoms with Gasteiger partial charge in [-0.05, 0) is 13.8 Å². The SMILES string of the molecule is [B]N1C(=O)C(C)OC1C. The van der Waals surface area contributed by atoms with Gasteiger partial charge >= 0.3 is 0 Å². The Labute approximate surface area is 55.4 Å². The number of carbonyl (C=O) groups is 1. The molecule has 0 saturated carbocycles. The maximum atomic E-state index is 10.8. The van der Waals surface area contributed by atoms with Crippen LogP contribution in [0.25, 0.3) is 0 Å². The van der Waals surface area contributed by atoms with Crippen LogP contribution in [0.2, 0.25) is 0 Å². The maximum absolute atomic E-state index is 10.8. The van der Waals surface area contributed by atoms with Gasteiger partial charge in [-0.15, -0.1) is 0 Å². The molecule has 1 heterocycles. The van der Waals surface area contributed by atoms with Crippen molar-refractivity contribution in [2.45, 2.75) is 26.2 Å². The van der Waals surface area contributed by atoms with Crippen molar-refractivity contribution < 1.29 is 9.53 Å². The van der Waals surface area contributed by atoms with Crippen molar-refractivity contribution in [2.24, 2.45) is 0 Å². The van der Waals surface area contributed by atoms with Gasteiger partial charge in [0.25, 0.3) is 0 Å². The molecular formula is C5H8BNO2. The van der Waals surface area contributed by atoms with E-state index in [9.17, 15) is 4.79 Å². The second-order valence-corrected chi connectivity index (χ2v) is 2.12. The zero-order valence-corrected chi connectivity index (χ0v) is 5.50. The fourth-order valence-corrected chi connectivity index (χ4v) is 0.808. The molecule has 1 rings (SSSR count). The number of hydrogen-bond acceptors (Lipinski definition) is 2. The topological polar surface area (TPSA) is 29.5 Å². The van der Waals surface area contributed by atoms with Gasteiger partial charge in [-0.3, -0.25) is 4.79 Å². The molecule has 2 unspecified atom stereocenters. The number of ether oxygens (including phenoxy) is 1. The van der Waals surface area contributed by atoms with E-state index < -0.39 is 0 Å². The number of amides is 1. The van der Waals surface area contributed by atoms with Crippen molar-refractivity contribution >= 4 is 13.9 Å². The zero-order chi connectivity index (χ0) is 7.02. The lowest BCUT2D eigenvalue weighted by Gasteiger charge is -2.11. The van der Waals surface area contributed by atoms with Gasteiger partial charge in [0.1, 0.15) is 12.3 Å². The smallest absolute Gasteiger partial charge is 0.240 e. The summed E-state index contributed by atoms with van der Waals surface area (Å²) in [6.45, 7) is 3.42. The van der Waals surface area contributed by atoms with Crippen LogP contribution in [0.1, 0.15) is 13.8 Å². The monoisotopic (exact) mass is 125 g/mol. The molecule has 0 spiro atoms. The van der Waals surface area contributed by atoms with Crippen LogP contribution >= 0.6 is 0 Å². The molecule has 1 amide bonds. The van der Waals surface area contributed by atoms with Crippen LogP contribution in [0.5, 0.6) is 0 Å². The molecule has 0 bridgehead atoms. The summed E-state index contributed by atoms with van der Waals surface area (Å²) in [6, 6.07) is 0. The fourth-order valence-electron chi connectivity index (χ4n) is 0.808. The quantitative estimate of drug-likeness (QED) is 0.414. The molecule has 9 heavy (non-hydrogen) atoms. The molecular weight excluding hydrogens is 117 g/mol. The Morgan fingerprint density at radius 3 is 2.33 bits per heavy atom. The van der Waals surface area contributed by atoms with Gasteiger partial charge in [-0.1, -0.05) is 0 Å². The Hall–Kier alpha value is -0.505. The third kappa shape index (κ3) is 0.943. The Balaban J connectivity index is 2.65. The fraction of sp³-hybridized carbons (Fsp3) is 0.800. The van der Waals surface area contributed by atoms with Crippen LogP contribution in [0.3, 0.4) is 0 Å². The minimum atomic E-state index is -0.370. The summed E-state index contributed by atoms with van der Waals surface area (Å²) >= 11 is 0. The van der Waals surface area contributed by atoms with Gasteiger partial charge in [0.15, 0.2) is 0 Å². The van der Waals surface area contributed by atoms with Crippen LogP contribution in [-0.4, -0.2) is 31.0 Å². The molecule has 1 aliphatic heterocycles. The number of nitrogens with zero attached hydrogens (tertiary/aromatic N) is 1. The summed E-state index contributed by atoms with van der Waals surface area (Å²) in [6.07, 6.45) is -0.641. The molecule has 0 aliphatic carbocycles. The first-order chi connectivity index (χ1) is 4.13. The van der Waals surface area contributed by atoms with Gasteiger partial charge in [0.2, 0.25) is 13.9 Å². The standard InChI is InChI=1S/C5H8BNO2/c1-3-5(8)7(6)4(2)9-3/h3-4H,1-2H3. The van der Waals surface area contributed by atoms with Gasteiger partial charge in [0.05, 0.1) is 0 Å². The minimum absolute atomic E-state index is 0.150. The van der Waals surface area contributed by atoms with Crippen molar-refractivity contribution in [1.29, 1.82) is 0 Å². The summed E-state index contributed by atoms with van der Waals surface area (Å²) in [5.74, 6) is -0.150. The van der Waals surface area contributed by atoms with Crippen molar-refractivity contribution in [3.8, 4) is 0 Å². The molecule has 0 N–H and O–H groups in total. The second-order valence-electron chi connectivity index (χ2n) is 2.12. The Kier molecular flexibility index (Phi) is 1.49. The van der Waals surface area contributed by atoms with E-state index in [1.54, 1.807) is 13.8 Å². The summed E-state index contributed by atoms with van der Waals surface area (Å²) in [7, 11) is 5.27. The Morgan fingerprint density at radius 2 is 2.22 bits per heavy atom. The van der Waals surface area contributed by atoms with E-state index in [0.717, 1.165) is 4.81 Å². The number of rotatable bonds is 0. The first-order valence-corrected chi connectivity index (χ1v) is 2.86. The van der Waals surface area contributed by atoms with E-state index in [0.29, 0.717) is 0 Å².